The maximum Gasteiger partial charge on any atom is 0.172 e. The van der Waals surface area contributed by atoms with Crippen LogP contribution in [0.5, 0.6) is 0 Å². The summed E-state index contributed by atoms with van der Waals surface area (Å²) in [5, 5.41) is 0. The minimum absolute atomic E-state index is 0.223. The average Bonchev–Trinajstić information content (AvgIpc) is 2.68. The average molecular weight is 352 g/mol. The van der Waals surface area contributed by atoms with Gasteiger partial charge in [0.2, 0.25) is 0 Å². The Hall–Kier alpha value is 0.140. The van der Waals surface area contributed by atoms with Gasteiger partial charge in [-0.05, 0) is 28.4 Å². The van der Waals surface area contributed by atoms with Crippen molar-refractivity contribution in [2.24, 2.45) is 0 Å². The second-order valence-electron chi connectivity index (χ2n) is 4.53. The van der Waals surface area contributed by atoms with Crippen LogP contribution in [0.3, 0.4) is 0 Å². The van der Waals surface area contributed by atoms with Gasteiger partial charge in [0.25, 0.3) is 0 Å². The Morgan fingerprint density at radius 1 is 1.22 bits per heavy atom. The summed E-state index contributed by atoms with van der Waals surface area (Å²) < 4.78 is 1.50. The molecular weight excluding hydrogens is 332 g/mol. The molecule has 0 fully saturated rings. The van der Waals surface area contributed by atoms with E-state index in [0.717, 1.165) is 22.2 Å². The van der Waals surface area contributed by atoms with Crippen molar-refractivity contribution < 1.29 is 4.79 Å². The molecule has 0 bridgehead atoms. The first-order valence-corrected chi connectivity index (χ1v) is 8.62. The standard InChI is InChI=1S/C14H20BrClOS/c1-2-3-4-5-6-7-8-9-12(17)13-10-11(15)14(16)18-13/h10H,2-9H2,1H3. The van der Waals surface area contributed by atoms with E-state index in [1.54, 1.807) is 0 Å². The molecule has 0 aromatic carbocycles. The van der Waals surface area contributed by atoms with Gasteiger partial charge in [0.15, 0.2) is 5.78 Å². The Labute approximate surface area is 127 Å². The highest BCUT2D eigenvalue weighted by Crippen LogP contribution is 2.32. The highest BCUT2D eigenvalue weighted by molar-refractivity contribution is 9.10. The molecule has 0 aliphatic carbocycles. The first-order chi connectivity index (χ1) is 8.65. The number of thiophene rings is 1. The molecule has 0 N–H and O–H groups in total. The molecular formula is C14H20BrClOS. The molecule has 0 atom stereocenters. The van der Waals surface area contributed by atoms with Crippen LogP contribution in [-0.4, -0.2) is 5.78 Å². The van der Waals surface area contributed by atoms with Gasteiger partial charge in [-0.25, -0.2) is 0 Å². The van der Waals surface area contributed by atoms with Crippen LogP contribution in [0.4, 0.5) is 0 Å². The van der Waals surface area contributed by atoms with Gasteiger partial charge in [-0.15, -0.1) is 11.3 Å². The van der Waals surface area contributed by atoms with E-state index in [1.807, 2.05) is 6.07 Å². The summed E-state index contributed by atoms with van der Waals surface area (Å²) in [6.07, 6.45) is 9.32. The van der Waals surface area contributed by atoms with Gasteiger partial charge in [0.1, 0.15) is 4.34 Å². The quantitative estimate of drug-likeness (QED) is 0.367. The van der Waals surface area contributed by atoms with Crippen LogP contribution < -0.4 is 0 Å². The minimum Gasteiger partial charge on any atom is -0.293 e. The van der Waals surface area contributed by atoms with Crippen LogP contribution in [-0.2, 0) is 0 Å². The minimum atomic E-state index is 0.223. The molecule has 1 aromatic heterocycles. The summed E-state index contributed by atoms with van der Waals surface area (Å²) in [7, 11) is 0. The third kappa shape index (κ3) is 5.85. The van der Waals surface area contributed by atoms with E-state index in [1.165, 1.54) is 43.4 Å². The molecule has 18 heavy (non-hydrogen) atoms. The van der Waals surface area contributed by atoms with Crippen LogP contribution in [0.25, 0.3) is 0 Å². The van der Waals surface area contributed by atoms with Gasteiger partial charge in [-0.2, -0.15) is 0 Å². The number of carbonyl (C=O) groups excluding carboxylic acids is 1. The fourth-order valence-corrected chi connectivity index (χ4v) is 3.52. The van der Waals surface area contributed by atoms with Crippen LogP contribution in [0, 0.1) is 0 Å². The van der Waals surface area contributed by atoms with Gasteiger partial charge in [0.05, 0.1) is 4.88 Å². The fourth-order valence-electron chi connectivity index (χ4n) is 1.85. The molecule has 1 nitrogen and oxygen atoms in total. The Bertz CT molecular complexity index is 356. The number of Topliss-reactive ketones (excluding diaryl/α,β-unsaturated/α-hetero) is 1. The normalized spacial score (nSPS) is 10.8. The maximum atomic E-state index is 11.9. The van der Waals surface area contributed by atoms with Crippen LogP contribution in [0.1, 0.15) is 68.0 Å². The lowest BCUT2D eigenvalue weighted by atomic mass is 10.1. The molecule has 0 aliphatic heterocycles. The van der Waals surface area contributed by atoms with Gasteiger partial charge < -0.3 is 0 Å². The topological polar surface area (TPSA) is 17.1 Å². The molecule has 0 saturated heterocycles. The van der Waals surface area contributed by atoms with E-state index in [-0.39, 0.29) is 5.78 Å². The first-order valence-electron chi connectivity index (χ1n) is 6.63. The van der Waals surface area contributed by atoms with E-state index in [9.17, 15) is 4.79 Å². The second-order valence-corrected chi connectivity index (χ2v) is 7.04. The van der Waals surface area contributed by atoms with Crippen molar-refractivity contribution in [1.29, 1.82) is 0 Å². The van der Waals surface area contributed by atoms with Gasteiger partial charge in [0, 0.05) is 10.9 Å². The number of hydrogen-bond donors (Lipinski definition) is 0. The highest BCUT2D eigenvalue weighted by Gasteiger charge is 2.11. The smallest absolute Gasteiger partial charge is 0.172 e. The monoisotopic (exact) mass is 350 g/mol. The summed E-state index contributed by atoms with van der Waals surface area (Å²) in [5.74, 6) is 0.223. The third-order valence-corrected chi connectivity index (χ3v) is 5.44. The molecule has 0 radical (unpaired) electrons. The maximum absolute atomic E-state index is 11.9. The number of rotatable bonds is 9. The van der Waals surface area contributed by atoms with Crippen molar-refractivity contribution in [3.8, 4) is 0 Å². The second kappa shape index (κ2) is 9.11. The molecule has 1 aromatic rings. The SMILES string of the molecule is CCCCCCCCCC(=O)c1cc(Br)c(Cl)s1. The zero-order valence-electron chi connectivity index (χ0n) is 10.8. The molecule has 0 aliphatic rings. The molecule has 4 heteroatoms. The molecule has 1 heterocycles. The van der Waals surface area contributed by atoms with Gasteiger partial charge in [-0.1, -0.05) is 57.0 Å². The van der Waals surface area contributed by atoms with E-state index in [2.05, 4.69) is 22.9 Å². The lowest BCUT2D eigenvalue weighted by Crippen LogP contribution is -1.95. The lowest BCUT2D eigenvalue weighted by molar-refractivity contribution is 0.0983. The summed E-state index contributed by atoms with van der Waals surface area (Å²) in [5.41, 5.74) is 0. The van der Waals surface area contributed by atoms with Crippen molar-refractivity contribution in [2.45, 2.75) is 58.3 Å². The van der Waals surface area contributed by atoms with E-state index in [0.29, 0.717) is 10.8 Å². The van der Waals surface area contributed by atoms with E-state index in [4.69, 9.17) is 11.6 Å². The third-order valence-electron chi connectivity index (χ3n) is 2.93. The number of carbonyl (C=O) groups is 1. The lowest BCUT2D eigenvalue weighted by Gasteiger charge is -2.00. The summed E-state index contributed by atoms with van der Waals surface area (Å²) >= 11 is 10.6. The number of hydrogen-bond acceptors (Lipinski definition) is 2. The van der Waals surface area contributed by atoms with E-state index >= 15 is 0 Å². The summed E-state index contributed by atoms with van der Waals surface area (Å²) in [6, 6.07) is 1.83. The zero-order chi connectivity index (χ0) is 13.4. The first kappa shape index (κ1) is 16.2. The molecule has 0 amide bonds. The van der Waals surface area contributed by atoms with Gasteiger partial charge in [-0.3, -0.25) is 4.79 Å². The van der Waals surface area contributed by atoms with Crippen LogP contribution >= 0.6 is 38.9 Å². The fraction of sp³-hybridized carbons (Fsp3) is 0.643. The summed E-state index contributed by atoms with van der Waals surface area (Å²) in [6.45, 7) is 2.23. The van der Waals surface area contributed by atoms with Crippen molar-refractivity contribution in [1.82, 2.24) is 0 Å². The predicted octanol–water partition coefficient (Wildman–Crippen LogP) is 6.49. The van der Waals surface area contributed by atoms with Crippen LogP contribution in [0.15, 0.2) is 10.5 Å². The molecule has 102 valence electrons. The van der Waals surface area contributed by atoms with E-state index < -0.39 is 0 Å². The Kier molecular flexibility index (Phi) is 8.20. The Balaban J connectivity index is 2.14. The Morgan fingerprint density at radius 3 is 2.39 bits per heavy atom. The van der Waals surface area contributed by atoms with Crippen LogP contribution in [0.2, 0.25) is 4.34 Å². The van der Waals surface area contributed by atoms with Crippen molar-refractivity contribution >= 4 is 44.7 Å². The number of unbranched alkanes of at least 4 members (excludes halogenated alkanes) is 6. The molecule has 0 saturated carbocycles. The van der Waals surface area contributed by atoms with Crippen molar-refractivity contribution in [2.75, 3.05) is 0 Å². The highest BCUT2D eigenvalue weighted by atomic mass is 79.9. The predicted molar refractivity (Wildman–Crippen MR) is 84.0 cm³/mol. The van der Waals surface area contributed by atoms with Crippen molar-refractivity contribution in [3.05, 3.63) is 19.8 Å². The molecule has 0 spiro atoms. The number of ketones is 1. The van der Waals surface area contributed by atoms with Crippen molar-refractivity contribution in [3.63, 3.8) is 0 Å². The zero-order valence-corrected chi connectivity index (χ0v) is 14.0. The molecule has 0 unspecified atom stereocenters. The van der Waals surface area contributed by atoms with Gasteiger partial charge >= 0.3 is 0 Å². The molecule has 1 rings (SSSR count). The Morgan fingerprint density at radius 2 is 1.83 bits per heavy atom. The number of halogens is 2. The summed E-state index contributed by atoms with van der Waals surface area (Å²) in [4.78, 5) is 12.7. The largest absolute Gasteiger partial charge is 0.293 e.